The molecule has 6 nitrogen and oxygen atoms in total. The summed E-state index contributed by atoms with van der Waals surface area (Å²) in [5, 5.41) is 0. The van der Waals surface area contributed by atoms with Crippen LogP contribution >= 0.6 is 0 Å². The molecule has 0 unspecified atom stereocenters. The average molecular weight is 283 g/mol. The van der Waals surface area contributed by atoms with Gasteiger partial charge in [-0.2, -0.15) is 0 Å². The second kappa shape index (κ2) is 7.47. The topological polar surface area (TPSA) is 53.1 Å². The molecule has 114 valence electrons. The molecule has 2 aliphatic rings. The van der Waals surface area contributed by atoms with Crippen molar-refractivity contribution in [2.75, 3.05) is 52.4 Å². The van der Waals surface area contributed by atoms with E-state index in [2.05, 4.69) is 4.90 Å². The minimum atomic E-state index is -0.241. The van der Waals surface area contributed by atoms with E-state index in [9.17, 15) is 9.59 Å². The Labute approximate surface area is 120 Å². The minimum Gasteiger partial charge on any atom is -0.450 e. The van der Waals surface area contributed by atoms with Crippen LogP contribution in [0.1, 0.15) is 26.2 Å². The van der Waals surface area contributed by atoms with Gasteiger partial charge in [-0.3, -0.25) is 9.69 Å². The molecule has 0 aromatic rings. The maximum atomic E-state index is 12.2. The van der Waals surface area contributed by atoms with Crippen LogP contribution in [0.2, 0.25) is 0 Å². The molecule has 2 fully saturated rings. The molecule has 0 bridgehead atoms. The average Bonchev–Trinajstić information content (AvgIpc) is 2.49. The Morgan fingerprint density at radius 1 is 0.900 bits per heavy atom. The van der Waals surface area contributed by atoms with Gasteiger partial charge in [0.25, 0.3) is 0 Å². The van der Waals surface area contributed by atoms with Crippen molar-refractivity contribution >= 4 is 12.0 Å². The molecule has 0 saturated carbocycles. The number of rotatable bonds is 3. The van der Waals surface area contributed by atoms with Gasteiger partial charge in [0.1, 0.15) is 0 Å². The summed E-state index contributed by atoms with van der Waals surface area (Å²) in [6.45, 7) is 7.30. The lowest BCUT2D eigenvalue weighted by Crippen LogP contribution is -2.52. The van der Waals surface area contributed by atoms with Gasteiger partial charge >= 0.3 is 6.09 Å². The maximum absolute atomic E-state index is 12.2. The Kier molecular flexibility index (Phi) is 5.64. The molecule has 0 aromatic carbocycles. The molecule has 0 atom stereocenters. The Morgan fingerprint density at radius 2 is 1.55 bits per heavy atom. The first-order valence-corrected chi connectivity index (χ1v) is 7.62. The molecule has 0 N–H and O–H groups in total. The number of hydrogen-bond acceptors (Lipinski definition) is 4. The predicted octanol–water partition coefficient (Wildman–Crippen LogP) is 0.773. The van der Waals surface area contributed by atoms with Crippen LogP contribution in [-0.4, -0.2) is 79.1 Å². The zero-order valence-corrected chi connectivity index (χ0v) is 12.3. The summed E-state index contributed by atoms with van der Waals surface area (Å²) in [4.78, 5) is 29.6. The number of ether oxygens (including phenoxy) is 1. The highest BCUT2D eigenvalue weighted by Crippen LogP contribution is 2.10. The van der Waals surface area contributed by atoms with Gasteiger partial charge in [0, 0.05) is 39.3 Å². The lowest BCUT2D eigenvalue weighted by Gasteiger charge is -2.35. The largest absolute Gasteiger partial charge is 0.450 e. The first-order valence-electron chi connectivity index (χ1n) is 7.62. The van der Waals surface area contributed by atoms with Crippen LogP contribution in [-0.2, 0) is 9.53 Å². The third-order valence-corrected chi connectivity index (χ3v) is 3.97. The van der Waals surface area contributed by atoms with E-state index in [1.54, 1.807) is 4.90 Å². The maximum Gasteiger partial charge on any atom is 0.409 e. The summed E-state index contributed by atoms with van der Waals surface area (Å²) in [6, 6.07) is 0. The van der Waals surface area contributed by atoms with E-state index in [1.807, 2.05) is 11.8 Å². The number of piperidine rings is 1. The van der Waals surface area contributed by atoms with Gasteiger partial charge in [0.15, 0.2) is 0 Å². The number of carbonyl (C=O) groups is 2. The number of carbonyl (C=O) groups excluding carboxylic acids is 2. The highest BCUT2D eigenvalue weighted by Gasteiger charge is 2.25. The van der Waals surface area contributed by atoms with Crippen LogP contribution in [0.15, 0.2) is 0 Å². The van der Waals surface area contributed by atoms with Crippen LogP contribution in [0.5, 0.6) is 0 Å². The van der Waals surface area contributed by atoms with Crippen molar-refractivity contribution in [1.82, 2.24) is 14.7 Å². The highest BCUT2D eigenvalue weighted by atomic mass is 16.6. The molecule has 2 saturated heterocycles. The molecule has 2 aliphatic heterocycles. The second-order valence-electron chi connectivity index (χ2n) is 5.40. The lowest BCUT2D eigenvalue weighted by atomic mass is 10.1. The van der Waals surface area contributed by atoms with Crippen LogP contribution < -0.4 is 0 Å². The first kappa shape index (κ1) is 15.1. The normalized spacial score (nSPS) is 20.9. The van der Waals surface area contributed by atoms with Crippen molar-refractivity contribution in [2.24, 2.45) is 0 Å². The first-order chi connectivity index (χ1) is 9.70. The number of likely N-dealkylation sites (tertiary alicyclic amines) is 1. The summed E-state index contributed by atoms with van der Waals surface area (Å²) in [6.07, 6.45) is 3.25. The molecule has 0 aromatic heterocycles. The fourth-order valence-electron chi connectivity index (χ4n) is 2.74. The number of hydrogen-bond donors (Lipinski definition) is 0. The smallest absolute Gasteiger partial charge is 0.409 e. The molecule has 20 heavy (non-hydrogen) atoms. The van der Waals surface area contributed by atoms with E-state index in [-0.39, 0.29) is 12.0 Å². The fourth-order valence-corrected chi connectivity index (χ4v) is 2.74. The molecule has 6 heteroatoms. The van der Waals surface area contributed by atoms with E-state index in [4.69, 9.17) is 4.74 Å². The molecule has 2 amide bonds. The highest BCUT2D eigenvalue weighted by molar-refractivity contribution is 5.78. The Bertz CT molecular complexity index is 335. The van der Waals surface area contributed by atoms with Crippen LogP contribution in [0.4, 0.5) is 4.79 Å². The van der Waals surface area contributed by atoms with Crippen molar-refractivity contribution in [1.29, 1.82) is 0 Å². The van der Waals surface area contributed by atoms with Crippen molar-refractivity contribution in [3.05, 3.63) is 0 Å². The zero-order valence-electron chi connectivity index (χ0n) is 12.3. The lowest BCUT2D eigenvalue weighted by molar-refractivity contribution is -0.133. The van der Waals surface area contributed by atoms with E-state index >= 15 is 0 Å². The monoisotopic (exact) mass is 283 g/mol. The summed E-state index contributed by atoms with van der Waals surface area (Å²) >= 11 is 0. The van der Waals surface area contributed by atoms with Crippen LogP contribution in [0.25, 0.3) is 0 Å². The van der Waals surface area contributed by atoms with Gasteiger partial charge in [-0.1, -0.05) is 0 Å². The zero-order chi connectivity index (χ0) is 14.4. The second-order valence-corrected chi connectivity index (χ2v) is 5.40. The summed E-state index contributed by atoms with van der Waals surface area (Å²) in [5.41, 5.74) is 0. The van der Waals surface area contributed by atoms with Crippen molar-refractivity contribution in [3.8, 4) is 0 Å². The molecule has 2 heterocycles. The Hall–Kier alpha value is -1.30. The van der Waals surface area contributed by atoms with Gasteiger partial charge in [-0.25, -0.2) is 4.79 Å². The predicted molar refractivity (Wildman–Crippen MR) is 75.5 cm³/mol. The van der Waals surface area contributed by atoms with Crippen molar-refractivity contribution in [2.45, 2.75) is 26.2 Å². The fraction of sp³-hybridized carbons (Fsp3) is 0.857. The van der Waals surface area contributed by atoms with Gasteiger partial charge in [-0.05, 0) is 26.2 Å². The van der Waals surface area contributed by atoms with Gasteiger partial charge in [-0.15, -0.1) is 0 Å². The van der Waals surface area contributed by atoms with E-state index < -0.39 is 0 Å². The third-order valence-electron chi connectivity index (χ3n) is 3.97. The van der Waals surface area contributed by atoms with Crippen molar-refractivity contribution < 1.29 is 14.3 Å². The molecule has 0 spiro atoms. The summed E-state index contributed by atoms with van der Waals surface area (Å²) in [7, 11) is 0. The van der Waals surface area contributed by atoms with Crippen LogP contribution in [0.3, 0.4) is 0 Å². The number of nitrogens with zero attached hydrogens (tertiary/aromatic N) is 3. The summed E-state index contributed by atoms with van der Waals surface area (Å²) < 4.78 is 4.99. The Morgan fingerprint density at radius 3 is 2.15 bits per heavy atom. The molecule has 0 aliphatic carbocycles. The van der Waals surface area contributed by atoms with E-state index in [0.717, 1.165) is 39.0 Å². The van der Waals surface area contributed by atoms with Gasteiger partial charge in [0.05, 0.1) is 13.2 Å². The molecule has 2 rings (SSSR count). The SMILES string of the molecule is CCOC(=O)N1CCN(CC(=O)N2CCCCC2)CC1. The van der Waals surface area contributed by atoms with Crippen LogP contribution in [0, 0.1) is 0 Å². The quantitative estimate of drug-likeness (QED) is 0.768. The summed E-state index contributed by atoms with van der Waals surface area (Å²) in [5.74, 6) is 0.231. The van der Waals surface area contributed by atoms with Crippen molar-refractivity contribution in [3.63, 3.8) is 0 Å². The minimum absolute atomic E-state index is 0.231. The van der Waals surface area contributed by atoms with Gasteiger partial charge in [0.2, 0.25) is 5.91 Å². The van der Waals surface area contributed by atoms with E-state index in [1.165, 1.54) is 6.42 Å². The van der Waals surface area contributed by atoms with E-state index in [0.29, 0.717) is 26.2 Å². The number of piperazine rings is 1. The Balaban J connectivity index is 1.71. The standard InChI is InChI=1S/C14H25N3O3/c1-2-20-14(19)17-10-8-15(9-11-17)12-13(18)16-6-4-3-5-7-16/h2-12H2,1H3. The number of amides is 2. The molecule has 0 radical (unpaired) electrons. The van der Waals surface area contributed by atoms with Gasteiger partial charge < -0.3 is 14.5 Å². The molecular weight excluding hydrogens is 258 g/mol. The molecular formula is C14H25N3O3. The third kappa shape index (κ3) is 4.10.